The highest BCUT2D eigenvalue weighted by Gasteiger charge is 2.57. The first-order valence-corrected chi connectivity index (χ1v) is 14.4. The van der Waals surface area contributed by atoms with Crippen molar-refractivity contribution >= 4 is 46.1 Å². The highest BCUT2D eigenvalue weighted by molar-refractivity contribution is 6.25. The lowest BCUT2D eigenvalue weighted by Crippen LogP contribution is -2.39. The van der Waals surface area contributed by atoms with Crippen LogP contribution in [0.3, 0.4) is 0 Å². The molecule has 0 bridgehead atoms. The molecule has 2 amide bonds. The summed E-state index contributed by atoms with van der Waals surface area (Å²) in [6, 6.07) is 6.71. The number of Topliss-reactive ketones (excluding diaryl/α,β-unsaturated/α-hetero) is 1. The molecule has 236 valence electrons. The molecular weight excluding hydrogens is 600 g/mol. The Hall–Kier alpha value is -5.66. The number of nitro benzene ring substituents is 2. The minimum Gasteiger partial charge on any atom is -0.504 e. The van der Waals surface area contributed by atoms with E-state index in [0.717, 1.165) is 17.0 Å². The molecule has 0 saturated carbocycles. The summed E-state index contributed by atoms with van der Waals surface area (Å²) in [5.41, 5.74) is -0.481. The number of aromatic hydroxyl groups is 1. The highest BCUT2D eigenvalue weighted by atomic mass is 16.6. The lowest BCUT2D eigenvalue weighted by Gasteiger charge is -2.42. The Bertz CT molecular complexity index is 1870. The third-order valence-corrected chi connectivity index (χ3v) is 9.28. The van der Waals surface area contributed by atoms with E-state index in [-0.39, 0.29) is 63.8 Å². The number of hydrogen-bond donors (Lipinski definition) is 1. The fourth-order valence-electron chi connectivity index (χ4n) is 7.38. The van der Waals surface area contributed by atoms with E-state index in [1.54, 1.807) is 18.2 Å². The molecule has 0 radical (unpaired) electrons. The number of nitrogens with zero attached hydrogens (tertiary/aromatic N) is 4. The first-order chi connectivity index (χ1) is 21.8. The number of methoxy groups -OCH3 is 1. The van der Waals surface area contributed by atoms with Crippen molar-refractivity contribution < 1.29 is 38.9 Å². The van der Waals surface area contributed by atoms with E-state index in [4.69, 9.17) is 4.74 Å². The zero-order valence-corrected chi connectivity index (χ0v) is 25.2. The first-order valence-electron chi connectivity index (χ1n) is 14.4. The number of fused-ring (bicyclic) bond motifs is 3. The maximum atomic E-state index is 14.2. The van der Waals surface area contributed by atoms with Gasteiger partial charge in [0.15, 0.2) is 28.8 Å². The van der Waals surface area contributed by atoms with Crippen molar-refractivity contribution in [3.63, 3.8) is 0 Å². The minimum absolute atomic E-state index is 0.0357. The van der Waals surface area contributed by atoms with Gasteiger partial charge in [0.05, 0.1) is 34.5 Å². The second-order valence-corrected chi connectivity index (χ2v) is 11.9. The average molecular weight is 629 g/mol. The molecule has 1 fully saturated rings. The molecule has 6 rings (SSSR count). The van der Waals surface area contributed by atoms with Crippen LogP contribution in [-0.2, 0) is 19.2 Å². The van der Waals surface area contributed by atoms with Gasteiger partial charge in [-0.3, -0.25) is 39.4 Å². The fraction of sp³-hybridized carbons (Fsp3) is 0.312. The SMILES string of the molecule is COc1cccc(C2C3=CCC4C(=O)N(c5cc([N+](=O)[O-])c(N(C)C)c([N+](=O)[O-])c5)C(=O)C4C3CC3=C2C(=O)C=C(C)C3=O)c1O. The number of benzene rings is 2. The van der Waals surface area contributed by atoms with Gasteiger partial charge >= 0.3 is 11.4 Å². The van der Waals surface area contributed by atoms with Crippen LogP contribution in [-0.4, -0.2) is 59.5 Å². The lowest BCUT2D eigenvalue weighted by atomic mass is 9.59. The normalized spacial score (nSPS) is 23.8. The van der Waals surface area contributed by atoms with Gasteiger partial charge in [-0.2, -0.15) is 0 Å². The zero-order chi connectivity index (χ0) is 33.4. The van der Waals surface area contributed by atoms with Crippen LogP contribution in [0.5, 0.6) is 11.5 Å². The number of amides is 2. The van der Waals surface area contributed by atoms with Crippen molar-refractivity contribution in [2.75, 3.05) is 31.0 Å². The van der Waals surface area contributed by atoms with E-state index in [0.29, 0.717) is 5.57 Å². The molecule has 4 aliphatic rings. The molecular formula is C32H28N4O10. The van der Waals surface area contributed by atoms with Gasteiger partial charge in [-0.25, -0.2) is 4.90 Å². The van der Waals surface area contributed by atoms with Crippen molar-refractivity contribution in [1.82, 2.24) is 0 Å². The van der Waals surface area contributed by atoms with Crippen molar-refractivity contribution in [2.24, 2.45) is 17.8 Å². The first kappa shape index (κ1) is 30.4. The maximum absolute atomic E-state index is 14.2. The van der Waals surface area contributed by atoms with Crippen molar-refractivity contribution in [1.29, 1.82) is 0 Å². The molecule has 1 aliphatic heterocycles. The van der Waals surface area contributed by atoms with Gasteiger partial charge in [0.2, 0.25) is 11.8 Å². The molecule has 4 atom stereocenters. The summed E-state index contributed by atoms with van der Waals surface area (Å²) in [5.74, 6) is -5.97. The van der Waals surface area contributed by atoms with Crippen molar-refractivity contribution in [3.8, 4) is 11.5 Å². The fourth-order valence-corrected chi connectivity index (χ4v) is 7.38. The van der Waals surface area contributed by atoms with E-state index < -0.39 is 62.5 Å². The van der Waals surface area contributed by atoms with Crippen LogP contribution in [0.1, 0.15) is 31.2 Å². The number of rotatable bonds is 6. The molecule has 14 nitrogen and oxygen atoms in total. The summed E-state index contributed by atoms with van der Waals surface area (Å²) in [4.78, 5) is 79.4. The molecule has 0 aromatic heterocycles. The van der Waals surface area contributed by atoms with Gasteiger partial charge in [0.1, 0.15) is 0 Å². The highest BCUT2D eigenvalue weighted by Crippen LogP contribution is 2.57. The number of anilines is 2. The number of phenols is 1. The van der Waals surface area contributed by atoms with E-state index in [1.165, 1.54) is 45.2 Å². The zero-order valence-electron chi connectivity index (χ0n) is 25.2. The van der Waals surface area contributed by atoms with Crippen molar-refractivity contribution in [2.45, 2.75) is 25.7 Å². The molecule has 1 heterocycles. The predicted octanol–water partition coefficient (Wildman–Crippen LogP) is 3.92. The number of imide groups is 1. The summed E-state index contributed by atoms with van der Waals surface area (Å²) in [5, 5.41) is 35.2. The minimum atomic E-state index is -1.04. The number of ketones is 2. The summed E-state index contributed by atoms with van der Waals surface area (Å²) in [6.45, 7) is 1.51. The van der Waals surface area contributed by atoms with Gasteiger partial charge in [0.25, 0.3) is 0 Å². The number of nitro groups is 2. The topological polar surface area (TPSA) is 190 Å². The van der Waals surface area contributed by atoms with Crippen LogP contribution in [0.4, 0.5) is 22.7 Å². The standard InChI is InChI=1S/C32H28N4O10/c1-14-10-23(37)27-20(29(14)38)13-19-16(25(27)17-6-5-7-24(46-4)30(17)39)8-9-18-26(19)32(41)34(31(18)40)15-11-21(35(42)43)28(33(2)3)22(12-15)36(44)45/h5-8,10-12,18-19,25-26,39H,9,13H2,1-4H3. The summed E-state index contributed by atoms with van der Waals surface area (Å²) >= 11 is 0. The van der Waals surface area contributed by atoms with E-state index in [1.807, 2.05) is 0 Å². The largest absolute Gasteiger partial charge is 0.504 e. The Morgan fingerprint density at radius 3 is 2.24 bits per heavy atom. The van der Waals surface area contributed by atoms with Gasteiger partial charge in [-0.1, -0.05) is 23.8 Å². The molecule has 46 heavy (non-hydrogen) atoms. The summed E-state index contributed by atoms with van der Waals surface area (Å²) in [6.07, 6.45) is 3.02. The predicted molar refractivity (Wildman–Crippen MR) is 163 cm³/mol. The Balaban J connectivity index is 1.50. The third-order valence-electron chi connectivity index (χ3n) is 9.28. The third kappa shape index (κ3) is 4.31. The quantitative estimate of drug-likeness (QED) is 0.160. The van der Waals surface area contributed by atoms with Gasteiger partial charge in [-0.05, 0) is 37.8 Å². The van der Waals surface area contributed by atoms with Crippen LogP contribution in [0.15, 0.2) is 64.8 Å². The average Bonchev–Trinajstić information content (AvgIpc) is 3.27. The van der Waals surface area contributed by atoms with Crippen LogP contribution in [0, 0.1) is 38.0 Å². The van der Waals surface area contributed by atoms with Crippen LogP contribution >= 0.6 is 0 Å². The number of ether oxygens (including phenoxy) is 1. The number of hydrogen-bond acceptors (Lipinski definition) is 11. The Labute approximate surface area is 261 Å². The number of carbonyl (C=O) groups excluding carboxylic acids is 4. The van der Waals surface area contributed by atoms with Crippen LogP contribution < -0.4 is 14.5 Å². The molecule has 3 aliphatic carbocycles. The monoisotopic (exact) mass is 628 g/mol. The maximum Gasteiger partial charge on any atom is 0.301 e. The molecule has 2 aromatic carbocycles. The molecule has 4 unspecified atom stereocenters. The second-order valence-electron chi connectivity index (χ2n) is 11.9. The Morgan fingerprint density at radius 1 is 1.00 bits per heavy atom. The van der Waals surface area contributed by atoms with Crippen LogP contribution in [0.25, 0.3) is 0 Å². The second kappa shape index (κ2) is 10.8. The summed E-state index contributed by atoms with van der Waals surface area (Å²) < 4.78 is 5.30. The Kier molecular flexibility index (Phi) is 7.10. The summed E-state index contributed by atoms with van der Waals surface area (Å²) in [7, 11) is 4.18. The number of allylic oxidation sites excluding steroid dienone is 6. The van der Waals surface area contributed by atoms with E-state index in [2.05, 4.69) is 0 Å². The molecule has 14 heteroatoms. The lowest BCUT2D eigenvalue weighted by molar-refractivity contribution is -0.392. The smallest absolute Gasteiger partial charge is 0.301 e. The number of carbonyl (C=O) groups is 4. The van der Waals surface area contributed by atoms with Crippen LogP contribution in [0.2, 0.25) is 0 Å². The van der Waals surface area contributed by atoms with Gasteiger partial charge in [-0.15, -0.1) is 0 Å². The number of para-hydroxylation sites is 1. The molecule has 1 N–H and O–H groups in total. The van der Waals surface area contributed by atoms with Crippen molar-refractivity contribution in [3.05, 3.63) is 90.6 Å². The van der Waals surface area contributed by atoms with E-state index >= 15 is 0 Å². The molecule has 2 aromatic rings. The van der Waals surface area contributed by atoms with E-state index in [9.17, 15) is 44.5 Å². The Morgan fingerprint density at radius 2 is 1.65 bits per heavy atom. The number of phenolic OH excluding ortho intramolecular Hbond substituents is 1. The van der Waals surface area contributed by atoms with Gasteiger partial charge in [0, 0.05) is 54.4 Å². The van der Waals surface area contributed by atoms with Gasteiger partial charge < -0.3 is 14.7 Å². The molecule has 1 saturated heterocycles. The molecule has 0 spiro atoms.